The number of piperazine rings is 1. The van der Waals surface area contributed by atoms with Gasteiger partial charge in [-0.3, -0.25) is 4.90 Å². The molecule has 5 heterocycles. The first-order valence-corrected chi connectivity index (χ1v) is 12.8. The number of allylic oxidation sites excluding steroid dienone is 1. The fourth-order valence-corrected chi connectivity index (χ4v) is 5.51. The van der Waals surface area contributed by atoms with E-state index in [1.807, 2.05) is 6.20 Å². The van der Waals surface area contributed by atoms with Crippen LogP contribution in [0.4, 0.5) is 5.82 Å². The minimum Gasteiger partial charge on any atom is -0.432 e. The molecule has 0 saturated carbocycles. The molecular weight excluding hydrogens is 452 g/mol. The molecule has 3 aromatic heterocycles. The molecule has 0 atom stereocenters. The Balaban J connectivity index is 1.37. The van der Waals surface area contributed by atoms with Crippen LogP contribution in [0, 0.1) is 0 Å². The Morgan fingerprint density at radius 2 is 1.86 bits per heavy atom. The van der Waals surface area contributed by atoms with Crippen molar-refractivity contribution in [2.45, 2.75) is 13.0 Å². The molecule has 4 aromatic rings. The van der Waals surface area contributed by atoms with E-state index in [0.29, 0.717) is 24.5 Å². The van der Waals surface area contributed by atoms with E-state index < -0.39 is 0 Å². The molecule has 0 radical (unpaired) electrons. The highest BCUT2D eigenvalue weighted by Crippen LogP contribution is 2.37. The fourth-order valence-electron chi connectivity index (χ4n) is 5.51. The number of furan rings is 1. The highest BCUT2D eigenvalue weighted by atomic mass is 16.5. The van der Waals surface area contributed by atoms with Gasteiger partial charge in [-0.15, -0.1) is 0 Å². The van der Waals surface area contributed by atoms with Crippen molar-refractivity contribution in [1.29, 1.82) is 0 Å². The molecule has 1 aliphatic carbocycles. The number of anilines is 1. The smallest absolute Gasteiger partial charge is 0.229 e. The van der Waals surface area contributed by atoms with Gasteiger partial charge >= 0.3 is 0 Å². The lowest BCUT2D eigenvalue weighted by Gasteiger charge is -2.32. The maximum atomic E-state index is 6.33. The van der Waals surface area contributed by atoms with Crippen LogP contribution in [0.2, 0.25) is 0 Å². The fraction of sp³-hybridized carbons (Fsp3) is 0.393. The van der Waals surface area contributed by atoms with Crippen LogP contribution in [0.1, 0.15) is 16.7 Å². The average Bonchev–Trinajstić information content (AvgIpc) is 3.54. The minimum absolute atomic E-state index is 0.617. The largest absolute Gasteiger partial charge is 0.432 e. The summed E-state index contributed by atoms with van der Waals surface area (Å²) in [5, 5.41) is 0.956. The van der Waals surface area contributed by atoms with Crippen LogP contribution in [-0.4, -0.2) is 84.3 Å². The molecule has 1 aromatic carbocycles. The van der Waals surface area contributed by atoms with Gasteiger partial charge in [0.15, 0.2) is 17.2 Å². The summed E-state index contributed by atoms with van der Waals surface area (Å²) in [6.07, 6.45) is 7.30. The molecule has 2 saturated heterocycles. The van der Waals surface area contributed by atoms with Gasteiger partial charge in [0.05, 0.1) is 18.6 Å². The van der Waals surface area contributed by atoms with Crippen LogP contribution in [0.5, 0.6) is 0 Å². The number of benzene rings is 1. The van der Waals surface area contributed by atoms with E-state index in [1.165, 1.54) is 16.7 Å². The lowest BCUT2D eigenvalue weighted by Crippen LogP contribution is -2.43. The number of hydrogen-bond donors (Lipinski definition) is 0. The van der Waals surface area contributed by atoms with E-state index in [9.17, 15) is 0 Å². The van der Waals surface area contributed by atoms with Crippen LogP contribution in [0.25, 0.3) is 39.7 Å². The maximum Gasteiger partial charge on any atom is 0.229 e. The molecule has 0 bridgehead atoms. The second-order valence-electron chi connectivity index (χ2n) is 10.0. The van der Waals surface area contributed by atoms with Gasteiger partial charge in [0, 0.05) is 57.6 Å². The number of hydrogen-bond acceptors (Lipinski definition) is 8. The third-order valence-electron chi connectivity index (χ3n) is 7.58. The van der Waals surface area contributed by atoms with Crippen LogP contribution >= 0.6 is 0 Å². The van der Waals surface area contributed by atoms with E-state index in [4.69, 9.17) is 24.1 Å². The van der Waals surface area contributed by atoms with E-state index >= 15 is 0 Å². The molecule has 36 heavy (non-hydrogen) atoms. The summed E-state index contributed by atoms with van der Waals surface area (Å²) in [7, 11) is 2.18. The van der Waals surface area contributed by atoms with Crippen molar-refractivity contribution < 1.29 is 9.15 Å². The van der Waals surface area contributed by atoms with Crippen molar-refractivity contribution in [3.05, 3.63) is 53.2 Å². The van der Waals surface area contributed by atoms with Gasteiger partial charge in [-0.05, 0) is 36.2 Å². The number of fused-ring (bicyclic) bond motifs is 4. The molecule has 184 valence electrons. The van der Waals surface area contributed by atoms with Crippen LogP contribution < -0.4 is 4.90 Å². The summed E-state index contributed by atoms with van der Waals surface area (Å²) in [6.45, 7) is 8.13. The number of morpholine rings is 1. The zero-order valence-electron chi connectivity index (χ0n) is 20.6. The van der Waals surface area contributed by atoms with Crippen molar-refractivity contribution in [3.63, 3.8) is 0 Å². The van der Waals surface area contributed by atoms with Crippen LogP contribution in [-0.2, 0) is 17.7 Å². The van der Waals surface area contributed by atoms with Crippen molar-refractivity contribution in [3.8, 4) is 11.4 Å². The van der Waals surface area contributed by atoms with Gasteiger partial charge in [-0.1, -0.05) is 30.4 Å². The van der Waals surface area contributed by atoms with Gasteiger partial charge in [0.25, 0.3) is 0 Å². The summed E-state index contributed by atoms with van der Waals surface area (Å²) >= 11 is 0. The standard InChI is InChI=1S/C28H30N6O2/c1-32-8-10-33(11-9-32)18-19-16-23-24-25(36-28(23)29-17-19)27(34-12-14-35-15-13-34)31-26(30-24)22-7-3-5-20-4-2-6-21(20)22/h2-3,5-7,16-17H,4,8-15,18H2,1H3. The zero-order valence-corrected chi connectivity index (χ0v) is 20.6. The number of aromatic nitrogens is 3. The molecule has 0 spiro atoms. The molecule has 8 heteroatoms. The minimum atomic E-state index is 0.617. The summed E-state index contributed by atoms with van der Waals surface area (Å²) in [5.41, 5.74) is 6.95. The molecule has 7 rings (SSSR count). The Morgan fingerprint density at radius 1 is 1.00 bits per heavy atom. The molecule has 2 fully saturated rings. The van der Waals surface area contributed by atoms with Crippen molar-refractivity contribution in [2.24, 2.45) is 0 Å². The van der Waals surface area contributed by atoms with E-state index in [2.05, 4.69) is 58.2 Å². The van der Waals surface area contributed by atoms with Crippen LogP contribution in [0.3, 0.4) is 0 Å². The first-order valence-electron chi connectivity index (χ1n) is 12.8. The first-order chi connectivity index (χ1) is 17.7. The van der Waals surface area contributed by atoms with E-state index in [0.717, 1.165) is 80.3 Å². The highest BCUT2D eigenvalue weighted by molar-refractivity contribution is 6.05. The number of ether oxygens (including phenoxy) is 1. The number of rotatable bonds is 4. The highest BCUT2D eigenvalue weighted by Gasteiger charge is 2.25. The number of nitrogens with zero attached hydrogens (tertiary/aromatic N) is 6. The van der Waals surface area contributed by atoms with Gasteiger partial charge in [0.2, 0.25) is 5.71 Å². The van der Waals surface area contributed by atoms with Crippen molar-refractivity contribution >= 4 is 34.1 Å². The van der Waals surface area contributed by atoms with Crippen molar-refractivity contribution in [2.75, 3.05) is 64.4 Å². The number of pyridine rings is 1. The quantitative estimate of drug-likeness (QED) is 0.437. The van der Waals surface area contributed by atoms with Gasteiger partial charge in [0.1, 0.15) is 5.52 Å². The molecule has 3 aliphatic rings. The molecule has 0 amide bonds. The molecule has 8 nitrogen and oxygen atoms in total. The van der Waals surface area contributed by atoms with Crippen molar-refractivity contribution in [1.82, 2.24) is 24.8 Å². The molecule has 2 aliphatic heterocycles. The van der Waals surface area contributed by atoms with Gasteiger partial charge < -0.3 is 19.0 Å². The Labute approximate surface area is 210 Å². The predicted octanol–water partition coefficient (Wildman–Crippen LogP) is 3.59. The summed E-state index contributed by atoms with van der Waals surface area (Å²) in [4.78, 5) is 22.0. The average molecular weight is 483 g/mol. The normalized spacial score (nSPS) is 19.0. The second kappa shape index (κ2) is 8.96. The topological polar surface area (TPSA) is 70.8 Å². The predicted molar refractivity (Wildman–Crippen MR) is 141 cm³/mol. The lowest BCUT2D eigenvalue weighted by molar-refractivity contribution is 0.122. The van der Waals surface area contributed by atoms with Gasteiger partial charge in [-0.2, -0.15) is 0 Å². The van der Waals surface area contributed by atoms with Gasteiger partial charge in [-0.25, -0.2) is 15.0 Å². The van der Waals surface area contributed by atoms with E-state index in [1.54, 1.807) is 0 Å². The Hall–Kier alpha value is -3.33. The zero-order chi connectivity index (χ0) is 24.1. The summed E-state index contributed by atoms with van der Waals surface area (Å²) in [5.74, 6) is 1.57. The second-order valence-corrected chi connectivity index (χ2v) is 10.0. The third-order valence-corrected chi connectivity index (χ3v) is 7.58. The van der Waals surface area contributed by atoms with E-state index in [-0.39, 0.29) is 0 Å². The summed E-state index contributed by atoms with van der Waals surface area (Å²) < 4.78 is 11.9. The maximum absolute atomic E-state index is 6.33. The molecule has 0 unspecified atom stereocenters. The van der Waals surface area contributed by atoms with Crippen LogP contribution in [0.15, 0.2) is 41.0 Å². The Bertz CT molecular complexity index is 1460. The summed E-state index contributed by atoms with van der Waals surface area (Å²) in [6, 6.07) is 8.62. The molecule has 0 N–H and O–H groups in total. The molecular formula is C28H30N6O2. The lowest BCUT2D eigenvalue weighted by atomic mass is 10.0. The Kier molecular flexibility index (Phi) is 5.45. The number of likely N-dealkylation sites (N-methyl/N-ethyl adjacent to an activating group) is 1. The SMILES string of the molecule is CN1CCN(Cc2cnc3oc4c(N5CCOCC5)nc(-c5cccc6c5C=CC6)nc4c3c2)CC1. The Morgan fingerprint density at radius 3 is 2.72 bits per heavy atom. The first kappa shape index (κ1) is 21.9. The monoisotopic (exact) mass is 482 g/mol. The third kappa shape index (κ3) is 3.86.